The maximum absolute atomic E-state index is 11.9. The number of allylic oxidation sites excluding steroid dienone is 1. The van der Waals surface area contributed by atoms with Crippen LogP contribution >= 0.6 is 0 Å². The number of nitrogens with zero attached hydrogens (tertiary/aromatic N) is 1. The van der Waals surface area contributed by atoms with E-state index in [2.05, 4.69) is 0 Å². The van der Waals surface area contributed by atoms with Crippen LogP contribution in [0.2, 0.25) is 0 Å². The van der Waals surface area contributed by atoms with E-state index in [1.54, 1.807) is 54.6 Å². The highest BCUT2D eigenvalue weighted by atomic mass is 16.3. The number of hydrogen-bond acceptors (Lipinski definition) is 3. The Bertz CT molecular complexity index is 664. The van der Waals surface area contributed by atoms with Gasteiger partial charge in [0.25, 0.3) is 0 Å². The van der Waals surface area contributed by atoms with E-state index >= 15 is 0 Å². The maximum Gasteiger partial charge on any atom is 0.185 e. The molecule has 19 heavy (non-hydrogen) atoms. The van der Waals surface area contributed by atoms with E-state index in [-0.39, 0.29) is 11.5 Å². The number of phenols is 1. The Morgan fingerprint density at radius 2 is 1.89 bits per heavy atom. The fourth-order valence-corrected chi connectivity index (χ4v) is 1.60. The van der Waals surface area contributed by atoms with E-state index in [0.29, 0.717) is 11.1 Å². The summed E-state index contributed by atoms with van der Waals surface area (Å²) >= 11 is 0. The summed E-state index contributed by atoms with van der Waals surface area (Å²) in [7, 11) is 0. The number of phenolic OH excluding ortho intramolecular Hbond substituents is 1. The van der Waals surface area contributed by atoms with Crippen molar-refractivity contribution in [3.63, 3.8) is 0 Å². The highest BCUT2D eigenvalue weighted by molar-refractivity contribution is 6.06. The quantitative estimate of drug-likeness (QED) is 0.671. The Morgan fingerprint density at radius 3 is 2.58 bits per heavy atom. The molecule has 0 unspecified atom stereocenters. The summed E-state index contributed by atoms with van der Waals surface area (Å²) in [5, 5.41) is 17.9. The zero-order valence-electron chi connectivity index (χ0n) is 10.1. The first kappa shape index (κ1) is 12.6. The molecule has 1 N–H and O–H groups in total. The predicted molar refractivity (Wildman–Crippen MR) is 72.6 cm³/mol. The van der Waals surface area contributed by atoms with E-state index in [1.165, 1.54) is 6.08 Å². The third-order valence-corrected chi connectivity index (χ3v) is 2.60. The molecule has 3 nitrogen and oxygen atoms in total. The first-order valence-corrected chi connectivity index (χ1v) is 5.70. The Balaban J connectivity index is 2.16. The van der Waals surface area contributed by atoms with Gasteiger partial charge in [-0.3, -0.25) is 4.79 Å². The SMILES string of the molecule is N#Cc1cccc(C(=O)/C=C\c2ccc(O)cc2)c1. The van der Waals surface area contributed by atoms with Gasteiger partial charge in [0.2, 0.25) is 0 Å². The highest BCUT2D eigenvalue weighted by Gasteiger charge is 2.02. The van der Waals surface area contributed by atoms with Gasteiger partial charge in [-0.05, 0) is 35.9 Å². The van der Waals surface area contributed by atoms with Crippen molar-refractivity contribution in [3.8, 4) is 11.8 Å². The summed E-state index contributed by atoms with van der Waals surface area (Å²) < 4.78 is 0. The molecular weight excluding hydrogens is 238 g/mol. The van der Waals surface area contributed by atoms with Crippen LogP contribution in [0.25, 0.3) is 6.08 Å². The van der Waals surface area contributed by atoms with Crippen LogP contribution in [0.5, 0.6) is 5.75 Å². The van der Waals surface area contributed by atoms with Crippen LogP contribution in [0.1, 0.15) is 21.5 Å². The van der Waals surface area contributed by atoms with Crippen molar-refractivity contribution < 1.29 is 9.90 Å². The first-order valence-electron chi connectivity index (χ1n) is 5.70. The fourth-order valence-electron chi connectivity index (χ4n) is 1.60. The third-order valence-electron chi connectivity index (χ3n) is 2.60. The van der Waals surface area contributed by atoms with Gasteiger partial charge < -0.3 is 5.11 Å². The van der Waals surface area contributed by atoms with Crippen molar-refractivity contribution in [1.29, 1.82) is 5.26 Å². The number of benzene rings is 2. The van der Waals surface area contributed by atoms with Crippen LogP contribution in [0.4, 0.5) is 0 Å². The second-order valence-corrected chi connectivity index (χ2v) is 3.98. The highest BCUT2D eigenvalue weighted by Crippen LogP contribution is 2.12. The van der Waals surface area contributed by atoms with E-state index in [1.807, 2.05) is 6.07 Å². The second kappa shape index (κ2) is 5.65. The number of rotatable bonds is 3. The van der Waals surface area contributed by atoms with Crippen molar-refractivity contribution in [3.05, 3.63) is 71.3 Å². The molecule has 0 radical (unpaired) electrons. The summed E-state index contributed by atoms with van der Waals surface area (Å²) in [4.78, 5) is 11.9. The van der Waals surface area contributed by atoms with E-state index < -0.39 is 0 Å². The minimum Gasteiger partial charge on any atom is -0.508 e. The molecule has 92 valence electrons. The van der Waals surface area contributed by atoms with Gasteiger partial charge in [-0.1, -0.05) is 30.3 Å². The van der Waals surface area contributed by atoms with Gasteiger partial charge in [-0.2, -0.15) is 5.26 Å². The lowest BCUT2D eigenvalue weighted by Crippen LogP contribution is -1.94. The van der Waals surface area contributed by atoms with E-state index in [9.17, 15) is 4.79 Å². The average Bonchev–Trinajstić information content (AvgIpc) is 2.46. The van der Waals surface area contributed by atoms with Crippen LogP contribution in [0, 0.1) is 11.3 Å². The summed E-state index contributed by atoms with van der Waals surface area (Å²) in [5.41, 5.74) is 1.76. The molecule has 3 heteroatoms. The minimum absolute atomic E-state index is 0.162. The van der Waals surface area contributed by atoms with Crippen molar-refractivity contribution in [2.75, 3.05) is 0 Å². The number of ketones is 1. The lowest BCUT2D eigenvalue weighted by Gasteiger charge is -1.97. The zero-order chi connectivity index (χ0) is 13.7. The van der Waals surface area contributed by atoms with E-state index in [4.69, 9.17) is 10.4 Å². The molecule has 0 heterocycles. The van der Waals surface area contributed by atoms with Crippen LogP contribution in [-0.2, 0) is 0 Å². The molecule has 0 saturated carbocycles. The van der Waals surface area contributed by atoms with Gasteiger partial charge >= 0.3 is 0 Å². The molecule has 0 aliphatic heterocycles. The molecule has 0 bridgehead atoms. The van der Waals surface area contributed by atoms with Crippen molar-refractivity contribution >= 4 is 11.9 Å². The maximum atomic E-state index is 11.9. The molecule has 2 aromatic rings. The Morgan fingerprint density at radius 1 is 1.16 bits per heavy atom. The number of carbonyl (C=O) groups is 1. The molecule has 0 spiro atoms. The normalized spacial score (nSPS) is 10.3. The van der Waals surface area contributed by atoms with Crippen molar-refractivity contribution in [2.24, 2.45) is 0 Å². The fraction of sp³-hybridized carbons (Fsp3) is 0. The number of nitriles is 1. The Labute approximate surface area is 111 Å². The number of aromatic hydroxyl groups is 1. The smallest absolute Gasteiger partial charge is 0.185 e. The summed E-state index contributed by atoms with van der Waals surface area (Å²) in [6.45, 7) is 0. The minimum atomic E-state index is -0.162. The molecule has 0 fully saturated rings. The summed E-state index contributed by atoms with van der Waals surface area (Å²) in [5.74, 6) is 0.0235. The van der Waals surface area contributed by atoms with Crippen LogP contribution < -0.4 is 0 Å². The van der Waals surface area contributed by atoms with Crippen molar-refractivity contribution in [1.82, 2.24) is 0 Å². The Kier molecular flexibility index (Phi) is 3.75. The third kappa shape index (κ3) is 3.30. The molecule has 0 amide bonds. The van der Waals surface area contributed by atoms with Gasteiger partial charge in [0, 0.05) is 5.56 Å². The molecule has 2 aromatic carbocycles. The first-order chi connectivity index (χ1) is 9.19. The van der Waals surface area contributed by atoms with Gasteiger partial charge in [-0.25, -0.2) is 0 Å². The molecule has 2 rings (SSSR count). The molecule has 0 saturated heterocycles. The van der Waals surface area contributed by atoms with Crippen LogP contribution in [-0.4, -0.2) is 10.9 Å². The van der Waals surface area contributed by atoms with Crippen molar-refractivity contribution in [2.45, 2.75) is 0 Å². The van der Waals surface area contributed by atoms with Gasteiger partial charge in [0.05, 0.1) is 11.6 Å². The second-order valence-electron chi connectivity index (χ2n) is 3.98. The van der Waals surface area contributed by atoms with Gasteiger partial charge in [0.15, 0.2) is 5.78 Å². The average molecular weight is 249 g/mol. The lowest BCUT2D eigenvalue weighted by molar-refractivity contribution is 0.104. The summed E-state index contributed by atoms with van der Waals surface area (Å²) in [6, 6.07) is 15.1. The van der Waals surface area contributed by atoms with Gasteiger partial charge in [-0.15, -0.1) is 0 Å². The topological polar surface area (TPSA) is 61.1 Å². The lowest BCUT2D eigenvalue weighted by atomic mass is 10.1. The zero-order valence-corrected chi connectivity index (χ0v) is 10.1. The van der Waals surface area contributed by atoms with E-state index in [0.717, 1.165) is 5.56 Å². The molecule has 0 aliphatic carbocycles. The largest absolute Gasteiger partial charge is 0.508 e. The van der Waals surface area contributed by atoms with Crippen LogP contribution in [0.15, 0.2) is 54.6 Å². The Hall–Kier alpha value is -2.86. The molecule has 0 atom stereocenters. The monoisotopic (exact) mass is 249 g/mol. The summed E-state index contributed by atoms with van der Waals surface area (Å²) in [6.07, 6.45) is 3.11. The number of hydrogen-bond donors (Lipinski definition) is 1. The molecule has 0 aromatic heterocycles. The molecular formula is C16H11NO2. The number of carbonyl (C=O) groups excluding carboxylic acids is 1. The van der Waals surface area contributed by atoms with Gasteiger partial charge in [0.1, 0.15) is 5.75 Å². The predicted octanol–water partition coefficient (Wildman–Crippen LogP) is 3.16. The molecule has 0 aliphatic rings. The van der Waals surface area contributed by atoms with Crippen LogP contribution in [0.3, 0.4) is 0 Å². The standard InChI is InChI=1S/C16H11NO2/c17-11-13-2-1-3-14(10-13)16(19)9-6-12-4-7-15(18)8-5-12/h1-10,18H/b9-6-.